The number of halogens is 2. The number of pyridine rings is 1. The monoisotopic (exact) mass is 402 g/mol. The molecule has 0 radical (unpaired) electrons. The molecule has 3 rings (SSSR count). The van der Waals surface area contributed by atoms with Crippen molar-refractivity contribution in [1.82, 2.24) is 4.98 Å². The van der Waals surface area contributed by atoms with Crippen LogP contribution in [-0.2, 0) is 9.53 Å². The van der Waals surface area contributed by atoms with Gasteiger partial charge >= 0.3 is 12.6 Å². The van der Waals surface area contributed by atoms with Crippen LogP contribution in [0.1, 0.15) is 17.4 Å². The average molecular weight is 402 g/mol. The summed E-state index contributed by atoms with van der Waals surface area (Å²) in [6.45, 7) is -1.75. The largest absolute Gasteiger partial charge is 0.448 e. The van der Waals surface area contributed by atoms with Gasteiger partial charge in [0, 0.05) is 5.39 Å². The van der Waals surface area contributed by atoms with Gasteiger partial charge in [-0.15, -0.1) is 0 Å². The normalized spacial score (nSPS) is 11.9. The molecule has 1 amide bonds. The molecule has 0 spiro atoms. The third-order valence-corrected chi connectivity index (χ3v) is 3.99. The fourth-order valence-electron chi connectivity index (χ4n) is 2.60. The van der Waals surface area contributed by atoms with Crippen molar-refractivity contribution >= 4 is 28.3 Å². The molecule has 0 saturated carbocycles. The first-order valence-corrected chi connectivity index (χ1v) is 8.53. The molecular formula is C20H16F2N2O5. The Morgan fingerprint density at radius 1 is 1.07 bits per heavy atom. The molecule has 150 valence electrons. The number of amides is 1. The van der Waals surface area contributed by atoms with E-state index in [2.05, 4.69) is 15.0 Å². The highest BCUT2D eigenvalue weighted by molar-refractivity contribution is 5.98. The Labute approximate surface area is 163 Å². The SMILES string of the molecule is C[C@@H](OC(=O)c1cc2ccccc2c(=O)[nH]1)C(=O)Nc1ccccc1OC(F)F. The van der Waals surface area contributed by atoms with Crippen molar-refractivity contribution in [2.45, 2.75) is 19.6 Å². The zero-order chi connectivity index (χ0) is 21.0. The second-order valence-electron chi connectivity index (χ2n) is 6.01. The summed E-state index contributed by atoms with van der Waals surface area (Å²) in [6.07, 6.45) is -1.27. The highest BCUT2D eigenvalue weighted by Gasteiger charge is 2.21. The van der Waals surface area contributed by atoms with E-state index in [1.807, 2.05) is 0 Å². The molecule has 9 heteroatoms. The summed E-state index contributed by atoms with van der Waals surface area (Å²) in [4.78, 5) is 39.1. The predicted molar refractivity (Wildman–Crippen MR) is 101 cm³/mol. The van der Waals surface area contributed by atoms with E-state index < -0.39 is 30.2 Å². The van der Waals surface area contributed by atoms with Crippen LogP contribution in [-0.4, -0.2) is 29.6 Å². The Kier molecular flexibility index (Phi) is 5.87. The lowest BCUT2D eigenvalue weighted by Crippen LogP contribution is -2.31. The number of anilines is 1. The number of aromatic nitrogens is 1. The number of esters is 1. The summed E-state index contributed by atoms with van der Waals surface area (Å²) in [5, 5.41) is 3.32. The number of alkyl halides is 2. The fourth-order valence-corrected chi connectivity index (χ4v) is 2.60. The molecule has 7 nitrogen and oxygen atoms in total. The van der Waals surface area contributed by atoms with Crippen LogP contribution in [0.15, 0.2) is 59.4 Å². The second kappa shape index (κ2) is 8.51. The summed E-state index contributed by atoms with van der Waals surface area (Å²) in [5.41, 5.74) is -0.583. The summed E-state index contributed by atoms with van der Waals surface area (Å²) >= 11 is 0. The van der Waals surface area contributed by atoms with Gasteiger partial charge in [-0.25, -0.2) is 4.79 Å². The average Bonchev–Trinajstić information content (AvgIpc) is 2.69. The van der Waals surface area contributed by atoms with E-state index in [-0.39, 0.29) is 17.1 Å². The van der Waals surface area contributed by atoms with E-state index >= 15 is 0 Å². The molecule has 0 aliphatic rings. The van der Waals surface area contributed by atoms with Gasteiger partial charge in [0.15, 0.2) is 6.10 Å². The number of H-pyrrole nitrogens is 1. The highest BCUT2D eigenvalue weighted by Crippen LogP contribution is 2.25. The van der Waals surface area contributed by atoms with Crippen molar-refractivity contribution < 1.29 is 27.8 Å². The lowest BCUT2D eigenvalue weighted by Gasteiger charge is -2.15. The van der Waals surface area contributed by atoms with E-state index in [1.165, 1.54) is 37.3 Å². The van der Waals surface area contributed by atoms with Crippen LogP contribution < -0.4 is 15.6 Å². The van der Waals surface area contributed by atoms with Crippen LogP contribution in [0.3, 0.4) is 0 Å². The summed E-state index contributed by atoms with van der Waals surface area (Å²) in [7, 11) is 0. The standard InChI is InChI=1S/C20H16F2N2O5/c1-11(17(25)23-14-8-4-5-9-16(14)29-20(21)22)28-19(27)15-10-12-6-2-3-7-13(12)18(26)24-15/h2-11,20H,1H3,(H,23,25)(H,24,26)/t11-/m1/s1. The number of hydrogen-bond acceptors (Lipinski definition) is 5. The molecule has 1 aromatic heterocycles. The van der Waals surface area contributed by atoms with Crippen LogP contribution >= 0.6 is 0 Å². The van der Waals surface area contributed by atoms with E-state index in [0.29, 0.717) is 10.8 Å². The minimum Gasteiger partial charge on any atom is -0.448 e. The molecule has 0 fully saturated rings. The third kappa shape index (κ3) is 4.75. The quantitative estimate of drug-likeness (QED) is 0.617. The summed E-state index contributed by atoms with van der Waals surface area (Å²) < 4.78 is 34.4. The van der Waals surface area contributed by atoms with E-state index in [9.17, 15) is 23.2 Å². The lowest BCUT2D eigenvalue weighted by molar-refractivity contribution is -0.123. The summed E-state index contributed by atoms with van der Waals surface area (Å²) in [5.74, 6) is -1.90. The number of para-hydroxylation sites is 2. The molecule has 1 heterocycles. The minimum atomic E-state index is -3.06. The van der Waals surface area contributed by atoms with Crippen molar-refractivity contribution in [2.24, 2.45) is 0 Å². The van der Waals surface area contributed by atoms with Gasteiger partial charge in [-0.1, -0.05) is 30.3 Å². The van der Waals surface area contributed by atoms with Gasteiger partial charge in [0.05, 0.1) is 5.69 Å². The predicted octanol–water partition coefficient (Wildman–Crippen LogP) is 3.31. The molecule has 0 aliphatic carbocycles. The van der Waals surface area contributed by atoms with E-state index in [0.717, 1.165) is 0 Å². The number of hydrogen-bond donors (Lipinski definition) is 2. The molecule has 2 N–H and O–H groups in total. The number of carbonyl (C=O) groups excluding carboxylic acids is 2. The van der Waals surface area contributed by atoms with Gasteiger partial charge in [0.25, 0.3) is 11.5 Å². The summed E-state index contributed by atoms with van der Waals surface area (Å²) in [6, 6.07) is 13.7. The van der Waals surface area contributed by atoms with Gasteiger partial charge in [0.2, 0.25) is 0 Å². The maximum Gasteiger partial charge on any atom is 0.387 e. The van der Waals surface area contributed by atoms with E-state index in [1.54, 1.807) is 24.3 Å². The van der Waals surface area contributed by atoms with Crippen LogP contribution in [0.4, 0.5) is 14.5 Å². The number of carbonyl (C=O) groups is 2. The molecule has 0 saturated heterocycles. The van der Waals surface area contributed by atoms with Gasteiger partial charge in [0.1, 0.15) is 11.4 Å². The van der Waals surface area contributed by atoms with Crippen molar-refractivity contribution in [1.29, 1.82) is 0 Å². The molecule has 3 aromatic rings. The smallest absolute Gasteiger partial charge is 0.387 e. The van der Waals surface area contributed by atoms with Crippen molar-refractivity contribution in [3.63, 3.8) is 0 Å². The Morgan fingerprint density at radius 3 is 2.52 bits per heavy atom. The minimum absolute atomic E-state index is 0.000175. The van der Waals surface area contributed by atoms with Crippen molar-refractivity contribution in [3.05, 3.63) is 70.6 Å². The molecule has 0 unspecified atom stereocenters. The van der Waals surface area contributed by atoms with Crippen LogP contribution in [0.25, 0.3) is 10.8 Å². The molecule has 1 atom stereocenters. The second-order valence-corrected chi connectivity index (χ2v) is 6.01. The number of rotatable bonds is 6. The topological polar surface area (TPSA) is 97.5 Å². The first-order chi connectivity index (χ1) is 13.8. The number of aromatic amines is 1. The third-order valence-electron chi connectivity index (χ3n) is 3.99. The Morgan fingerprint density at radius 2 is 1.76 bits per heavy atom. The number of fused-ring (bicyclic) bond motifs is 1. The Hall–Kier alpha value is -3.75. The van der Waals surface area contributed by atoms with Crippen LogP contribution in [0.5, 0.6) is 5.75 Å². The van der Waals surface area contributed by atoms with E-state index in [4.69, 9.17) is 4.74 Å². The van der Waals surface area contributed by atoms with Crippen LogP contribution in [0.2, 0.25) is 0 Å². The zero-order valence-electron chi connectivity index (χ0n) is 15.1. The number of benzene rings is 2. The maximum absolute atomic E-state index is 12.5. The molecular weight excluding hydrogens is 386 g/mol. The highest BCUT2D eigenvalue weighted by atomic mass is 19.3. The zero-order valence-corrected chi connectivity index (χ0v) is 15.1. The molecule has 2 aromatic carbocycles. The first kappa shape index (κ1) is 20.0. The van der Waals surface area contributed by atoms with Crippen LogP contribution in [0, 0.1) is 0 Å². The Bertz CT molecular complexity index is 1110. The number of nitrogens with one attached hydrogen (secondary N) is 2. The van der Waals surface area contributed by atoms with Gasteiger partial charge < -0.3 is 19.8 Å². The van der Waals surface area contributed by atoms with Gasteiger partial charge in [-0.3, -0.25) is 9.59 Å². The lowest BCUT2D eigenvalue weighted by atomic mass is 10.1. The molecule has 29 heavy (non-hydrogen) atoms. The van der Waals surface area contributed by atoms with Gasteiger partial charge in [-0.05, 0) is 36.6 Å². The van der Waals surface area contributed by atoms with Crippen molar-refractivity contribution in [3.8, 4) is 5.75 Å². The Balaban J connectivity index is 1.72. The van der Waals surface area contributed by atoms with Gasteiger partial charge in [-0.2, -0.15) is 8.78 Å². The maximum atomic E-state index is 12.5. The fraction of sp³-hybridized carbons (Fsp3) is 0.150. The van der Waals surface area contributed by atoms with Crippen molar-refractivity contribution in [2.75, 3.05) is 5.32 Å². The first-order valence-electron chi connectivity index (χ1n) is 8.53. The molecule has 0 bridgehead atoms. The molecule has 0 aliphatic heterocycles. The number of ether oxygens (including phenoxy) is 2.